The van der Waals surface area contributed by atoms with Crippen LogP contribution in [0.2, 0.25) is 0 Å². The first-order chi connectivity index (χ1) is 10.0. The lowest BCUT2D eigenvalue weighted by Gasteiger charge is -2.13. The number of hydrogen-bond donors (Lipinski definition) is 1. The number of carbonyl (C=O) groups excluding carboxylic acids is 1. The fourth-order valence-electron chi connectivity index (χ4n) is 1.79. The van der Waals surface area contributed by atoms with Crippen LogP contribution in [-0.2, 0) is 16.0 Å². The number of alkyl halides is 2. The average molecular weight is 301 g/mol. The number of ether oxygens (including phenoxy) is 2. The molecule has 0 saturated carbocycles. The summed E-state index contributed by atoms with van der Waals surface area (Å²) in [6.45, 7) is 1.51. The van der Waals surface area contributed by atoms with Gasteiger partial charge >= 0.3 is 12.6 Å². The fourth-order valence-corrected chi connectivity index (χ4v) is 1.79. The molecule has 0 amide bonds. The zero-order valence-corrected chi connectivity index (χ0v) is 12.3. The quantitative estimate of drug-likeness (QED) is 0.713. The summed E-state index contributed by atoms with van der Waals surface area (Å²) in [6.07, 6.45) is 1.61. The second-order valence-corrected chi connectivity index (χ2v) is 4.65. The summed E-state index contributed by atoms with van der Waals surface area (Å²) in [4.78, 5) is 11.2. The Morgan fingerprint density at radius 1 is 1.29 bits per heavy atom. The number of esters is 1. The van der Waals surface area contributed by atoms with Gasteiger partial charge in [0.25, 0.3) is 0 Å². The van der Waals surface area contributed by atoms with E-state index in [0.717, 1.165) is 18.4 Å². The van der Waals surface area contributed by atoms with E-state index in [0.29, 0.717) is 6.61 Å². The van der Waals surface area contributed by atoms with Crippen molar-refractivity contribution in [2.24, 2.45) is 0 Å². The summed E-state index contributed by atoms with van der Waals surface area (Å²) in [7, 11) is 0. The third-order valence-electron chi connectivity index (χ3n) is 2.91. The molecule has 1 N–H and O–H groups in total. The van der Waals surface area contributed by atoms with Gasteiger partial charge in [-0.25, -0.2) is 0 Å². The van der Waals surface area contributed by atoms with Gasteiger partial charge in [0.2, 0.25) is 0 Å². The Kier molecular flexibility index (Phi) is 7.68. The van der Waals surface area contributed by atoms with Crippen LogP contribution in [0.25, 0.3) is 0 Å². The highest BCUT2D eigenvalue weighted by molar-refractivity contribution is 5.71. The molecular formula is C15H21F2NO3. The summed E-state index contributed by atoms with van der Waals surface area (Å²) in [6, 6.07) is 6.73. The van der Waals surface area contributed by atoms with E-state index in [4.69, 9.17) is 4.74 Å². The molecule has 21 heavy (non-hydrogen) atoms. The molecule has 0 aromatic heterocycles. The lowest BCUT2D eigenvalue weighted by molar-refractivity contribution is -0.142. The van der Waals surface area contributed by atoms with E-state index >= 15 is 0 Å². The minimum atomic E-state index is -2.80. The fraction of sp³-hybridized carbons (Fsp3) is 0.533. The molecule has 0 aliphatic heterocycles. The van der Waals surface area contributed by atoms with Crippen molar-refractivity contribution in [3.8, 4) is 5.75 Å². The Morgan fingerprint density at radius 3 is 2.52 bits per heavy atom. The van der Waals surface area contributed by atoms with Crippen LogP contribution in [0.15, 0.2) is 24.3 Å². The molecule has 1 unspecified atom stereocenters. The van der Waals surface area contributed by atoms with Crippen molar-refractivity contribution in [1.29, 1.82) is 0 Å². The van der Waals surface area contributed by atoms with E-state index in [2.05, 4.69) is 10.1 Å². The Labute approximate surface area is 123 Å². The standard InChI is InChI=1S/C15H21F2NO3/c1-3-20-14(19)10-18-11(2)4-5-12-6-8-13(9-7-12)21-15(16)17/h6-9,11,15,18H,3-5,10H2,1-2H3. The molecule has 118 valence electrons. The predicted molar refractivity (Wildman–Crippen MR) is 75.5 cm³/mol. The molecule has 0 heterocycles. The van der Waals surface area contributed by atoms with Gasteiger partial charge in [0.15, 0.2) is 0 Å². The minimum absolute atomic E-state index is 0.155. The van der Waals surface area contributed by atoms with Crippen LogP contribution in [0.5, 0.6) is 5.75 Å². The molecule has 0 spiro atoms. The molecule has 0 fully saturated rings. The largest absolute Gasteiger partial charge is 0.465 e. The maximum atomic E-state index is 12.0. The summed E-state index contributed by atoms with van der Waals surface area (Å²) in [5.74, 6) is -0.111. The zero-order chi connectivity index (χ0) is 15.7. The lowest BCUT2D eigenvalue weighted by atomic mass is 10.1. The first-order valence-electron chi connectivity index (χ1n) is 6.94. The molecule has 4 nitrogen and oxygen atoms in total. The highest BCUT2D eigenvalue weighted by atomic mass is 19.3. The summed E-state index contributed by atoms with van der Waals surface area (Å²) in [5, 5.41) is 3.08. The average Bonchev–Trinajstić information content (AvgIpc) is 2.44. The number of nitrogens with one attached hydrogen (secondary N) is 1. The maximum absolute atomic E-state index is 12.0. The number of aryl methyl sites for hydroxylation is 1. The number of rotatable bonds is 9. The van der Waals surface area contributed by atoms with Crippen LogP contribution in [0.4, 0.5) is 8.78 Å². The van der Waals surface area contributed by atoms with Crippen LogP contribution in [-0.4, -0.2) is 31.8 Å². The van der Waals surface area contributed by atoms with Crippen molar-refractivity contribution in [1.82, 2.24) is 5.32 Å². The van der Waals surface area contributed by atoms with E-state index in [1.165, 1.54) is 12.1 Å². The van der Waals surface area contributed by atoms with E-state index in [1.54, 1.807) is 19.1 Å². The Hall–Kier alpha value is -1.69. The highest BCUT2D eigenvalue weighted by Crippen LogP contribution is 2.16. The van der Waals surface area contributed by atoms with Crippen LogP contribution in [0.1, 0.15) is 25.8 Å². The van der Waals surface area contributed by atoms with Crippen LogP contribution in [0.3, 0.4) is 0 Å². The van der Waals surface area contributed by atoms with Crippen molar-refractivity contribution in [3.63, 3.8) is 0 Å². The van der Waals surface area contributed by atoms with Crippen LogP contribution in [0, 0.1) is 0 Å². The van der Waals surface area contributed by atoms with Crippen LogP contribution < -0.4 is 10.1 Å². The Bertz CT molecular complexity index is 423. The van der Waals surface area contributed by atoms with Crippen molar-refractivity contribution in [2.75, 3.05) is 13.2 Å². The molecule has 1 aromatic carbocycles. The maximum Gasteiger partial charge on any atom is 0.387 e. The monoisotopic (exact) mass is 301 g/mol. The smallest absolute Gasteiger partial charge is 0.387 e. The molecule has 1 aromatic rings. The van der Waals surface area contributed by atoms with Gasteiger partial charge < -0.3 is 14.8 Å². The topological polar surface area (TPSA) is 47.6 Å². The first kappa shape index (κ1) is 17.4. The minimum Gasteiger partial charge on any atom is -0.465 e. The van der Waals surface area contributed by atoms with Gasteiger partial charge in [0.05, 0.1) is 13.2 Å². The van der Waals surface area contributed by atoms with E-state index < -0.39 is 6.61 Å². The summed E-state index contributed by atoms with van der Waals surface area (Å²) in [5.41, 5.74) is 1.03. The van der Waals surface area contributed by atoms with Gasteiger partial charge in [-0.2, -0.15) is 8.78 Å². The van der Waals surface area contributed by atoms with Gasteiger partial charge in [-0.1, -0.05) is 12.1 Å². The number of hydrogen-bond acceptors (Lipinski definition) is 4. The van der Waals surface area contributed by atoms with Gasteiger partial charge in [-0.05, 0) is 44.4 Å². The van der Waals surface area contributed by atoms with E-state index in [1.807, 2.05) is 6.92 Å². The molecule has 0 aliphatic rings. The third-order valence-corrected chi connectivity index (χ3v) is 2.91. The molecular weight excluding hydrogens is 280 g/mol. The number of carbonyl (C=O) groups is 1. The number of benzene rings is 1. The summed E-state index contributed by atoms with van der Waals surface area (Å²) < 4.78 is 33.1. The van der Waals surface area contributed by atoms with Crippen molar-refractivity contribution < 1.29 is 23.0 Å². The first-order valence-corrected chi connectivity index (χ1v) is 6.94. The van der Waals surface area contributed by atoms with Gasteiger partial charge in [0.1, 0.15) is 5.75 Å². The highest BCUT2D eigenvalue weighted by Gasteiger charge is 2.07. The molecule has 6 heteroatoms. The third kappa shape index (κ3) is 7.60. The lowest BCUT2D eigenvalue weighted by Crippen LogP contribution is -2.32. The molecule has 1 rings (SSSR count). The molecule has 0 aliphatic carbocycles. The molecule has 0 radical (unpaired) electrons. The van der Waals surface area contributed by atoms with Gasteiger partial charge in [0, 0.05) is 6.04 Å². The second-order valence-electron chi connectivity index (χ2n) is 4.65. The van der Waals surface area contributed by atoms with Gasteiger partial charge in [-0.3, -0.25) is 4.79 Å². The van der Waals surface area contributed by atoms with Crippen molar-refractivity contribution >= 4 is 5.97 Å². The Balaban J connectivity index is 2.29. The predicted octanol–water partition coefficient (Wildman–Crippen LogP) is 2.76. The van der Waals surface area contributed by atoms with Crippen molar-refractivity contribution in [2.45, 2.75) is 39.3 Å². The molecule has 0 bridgehead atoms. The van der Waals surface area contributed by atoms with Crippen molar-refractivity contribution in [3.05, 3.63) is 29.8 Å². The van der Waals surface area contributed by atoms with E-state index in [-0.39, 0.29) is 24.3 Å². The SMILES string of the molecule is CCOC(=O)CNC(C)CCc1ccc(OC(F)F)cc1. The second kappa shape index (κ2) is 9.28. The zero-order valence-electron chi connectivity index (χ0n) is 12.3. The number of halogens is 2. The Morgan fingerprint density at radius 2 is 1.95 bits per heavy atom. The summed E-state index contributed by atoms with van der Waals surface area (Å²) >= 11 is 0. The molecule has 1 atom stereocenters. The van der Waals surface area contributed by atoms with Crippen LogP contribution >= 0.6 is 0 Å². The van der Waals surface area contributed by atoms with Gasteiger partial charge in [-0.15, -0.1) is 0 Å². The van der Waals surface area contributed by atoms with E-state index in [9.17, 15) is 13.6 Å². The normalized spacial score (nSPS) is 12.2. The molecule has 0 saturated heterocycles.